The number of hydrogen-bond acceptors (Lipinski definition) is 4. The summed E-state index contributed by atoms with van der Waals surface area (Å²) in [5, 5.41) is 19.2. The van der Waals surface area contributed by atoms with Crippen LogP contribution in [0.1, 0.15) is 18.5 Å². The van der Waals surface area contributed by atoms with Crippen LogP contribution in [0.25, 0.3) is 0 Å². The SMILES string of the molecule is CC1=C(C(=O)Nc2ccc([N+](=O)[O-])cc2)[C@@H](c2cccc(Cl)c2)NC(=O)N1. The molecule has 0 bridgehead atoms. The molecule has 3 amide bonds. The molecule has 9 heteroatoms. The first-order chi connectivity index (χ1) is 12.8. The summed E-state index contributed by atoms with van der Waals surface area (Å²) in [5.41, 5.74) is 1.70. The molecule has 3 N–H and O–H groups in total. The van der Waals surface area contributed by atoms with E-state index in [1.54, 1.807) is 31.2 Å². The molecule has 1 aliphatic rings. The van der Waals surface area contributed by atoms with E-state index in [-0.39, 0.29) is 5.69 Å². The second kappa shape index (κ2) is 7.46. The van der Waals surface area contributed by atoms with Crippen molar-refractivity contribution in [2.45, 2.75) is 13.0 Å². The minimum absolute atomic E-state index is 0.0770. The van der Waals surface area contributed by atoms with Crippen molar-refractivity contribution in [2.24, 2.45) is 0 Å². The van der Waals surface area contributed by atoms with Crippen LogP contribution in [0.2, 0.25) is 5.02 Å². The van der Waals surface area contributed by atoms with Gasteiger partial charge in [0.05, 0.1) is 16.5 Å². The second-order valence-corrected chi connectivity index (χ2v) is 6.32. The number of hydrogen-bond donors (Lipinski definition) is 3. The van der Waals surface area contributed by atoms with Gasteiger partial charge in [-0.2, -0.15) is 0 Å². The Morgan fingerprint density at radius 3 is 2.56 bits per heavy atom. The number of nitro benzene ring substituents is 1. The highest BCUT2D eigenvalue weighted by Gasteiger charge is 2.31. The smallest absolute Gasteiger partial charge is 0.319 e. The maximum absolute atomic E-state index is 12.8. The number of non-ortho nitro benzene ring substituents is 1. The molecule has 1 aliphatic heterocycles. The van der Waals surface area contributed by atoms with Crippen LogP contribution in [0.15, 0.2) is 59.8 Å². The van der Waals surface area contributed by atoms with Crippen molar-refractivity contribution in [1.29, 1.82) is 0 Å². The molecule has 0 radical (unpaired) electrons. The molecular formula is C18H15ClN4O4. The fourth-order valence-electron chi connectivity index (χ4n) is 2.80. The number of allylic oxidation sites excluding steroid dienone is 1. The fourth-order valence-corrected chi connectivity index (χ4v) is 2.99. The molecule has 0 spiro atoms. The van der Waals surface area contributed by atoms with Gasteiger partial charge >= 0.3 is 6.03 Å². The lowest BCUT2D eigenvalue weighted by molar-refractivity contribution is -0.384. The summed E-state index contributed by atoms with van der Waals surface area (Å²) in [4.78, 5) is 34.9. The summed E-state index contributed by atoms with van der Waals surface area (Å²) in [7, 11) is 0. The number of anilines is 1. The van der Waals surface area contributed by atoms with Gasteiger partial charge in [-0.3, -0.25) is 14.9 Å². The summed E-state index contributed by atoms with van der Waals surface area (Å²) < 4.78 is 0. The first kappa shape index (κ1) is 18.4. The summed E-state index contributed by atoms with van der Waals surface area (Å²) >= 11 is 6.03. The largest absolute Gasteiger partial charge is 0.327 e. The van der Waals surface area contributed by atoms with Gasteiger partial charge in [0.15, 0.2) is 0 Å². The van der Waals surface area contributed by atoms with Crippen LogP contribution >= 0.6 is 11.6 Å². The molecule has 0 saturated heterocycles. The van der Waals surface area contributed by atoms with Gasteiger partial charge < -0.3 is 16.0 Å². The molecule has 0 aromatic heterocycles. The van der Waals surface area contributed by atoms with Crippen molar-refractivity contribution in [3.8, 4) is 0 Å². The third-order valence-electron chi connectivity index (χ3n) is 4.03. The van der Waals surface area contributed by atoms with Crippen molar-refractivity contribution >= 4 is 34.9 Å². The molecule has 27 heavy (non-hydrogen) atoms. The Kier molecular flexibility index (Phi) is 5.09. The van der Waals surface area contributed by atoms with Gasteiger partial charge in [0.25, 0.3) is 11.6 Å². The van der Waals surface area contributed by atoms with Crippen molar-refractivity contribution in [3.63, 3.8) is 0 Å². The van der Waals surface area contributed by atoms with E-state index in [4.69, 9.17) is 11.6 Å². The first-order valence-corrected chi connectivity index (χ1v) is 8.32. The highest BCUT2D eigenvalue weighted by Crippen LogP contribution is 2.29. The molecule has 0 aliphatic carbocycles. The quantitative estimate of drug-likeness (QED) is 0.551. The number of urea groups is 1. The lowest BCUT2D eigenvalue weighted by Crippen LogP contribution is -2.45. The molecule has 138 valence electrons. The van der Waals surface area contributed by atoms with Gasteiger partial charge in [-0.25, -0.2) is 4.79 Å². The minimum atomic E-state index is -0.685. The fraction of sp³-hybridized carbons (Fsp3) is 0.111. The van der Waals surface area contributed by atoms with E-state index in [1.165, 1.54) is 24.3 Å². The Bertz CT molecular complexity index is 956. The monoisotopic (exact) mass is 386 g/mol. The van der Waals surface area contributed by atoms with Gasteiger partial charge in [0.2, 0.25) is 0 Å². The van der Waals surface area contributed by atoms with Crippen molar-refractivity contribution in [3.05, 3.63) is 80.5 Å². The molecule has 8 nitrogen and oxygen atoms in total. The Balaban J connectivity index is 1.90. The van der Waals surface area contributed by atoms with Crippen LogP contribution < -0.4 is 16.0 Å². The van der Waals surface area contributed by atoms with Crippen LogP contribution in [0.5, 0.6) is 0 Å². The van der Waals surface area contributed by atoms with E-state index < -0.39 is 22.9 Å². The number of halogens is 1. The Hall–Kier alpha value is -3.39. The number of benzene rings is 2. The predicted octanol–water partition coefficient (Wildman–Crippen LogP) is 3.51. The predicted molar refractivity (Wildman–Crippen MR) is 100 cm³/mol. The number of nitrogens with one attached hydrogen (secondary N) is 3. The zero-order chi connectivity index (χ0) is 19.6. The molecule has 0 fully saturated rings. The molecule has 2 aromatic carbocycles. The standard InChI is InChI=1S/C18H15ClN4O4/c1-10-15(17(24)21-13-5-7-14(8-6-13)23(26)27)16(22-18(25)20-10)11-3-2-4-12(19)9-11/h2-9,16H,1H3,(H,21,24)(H2,20,22,25)/t16-/m1/s1. The number of nitrogens with zero attached hydrogens (tertiary/aromatic N) is 1. The Morgan fingerprint density at radius 1 is 1.22 bits per heavy atom. The van der Waals surface area contributed by atoms with Gasteiger partial charge in [-0.1, -0.05) is 23.7 Å². The number of carbonyl (C=O) groups excluding carboxylic acids is 2. The molecule has 2 aromatic rings. The van der Waals surface area contributed by atoms with E-state index in [2.05, 4.69) is 16.0 Å². The molecule has 1 atom stereocenters. The Labute approximate surface area is 159 Å². The van der Waals surface area contributed by atoms with Crippen molar-refractivity contribution < 1.29 is 14.5 Å². The van der Waals surface area contributed by atoms with Crippen LogP contribution in [-0.2, 0) is 4.79 Å². The Morgan fingerprint density at radius 2 is 1.93 bits per heavy atom. The summed E-state index contributed by atoms with van der Waals surface area (Å²) in [6, 6.07) is 11.2. The number of nitro groups is 1. The summed E-state index contributed by atoms with van der Waals surface area (Å²) in [5.74, 6) is -0.446. The number of rotatable bonds is 4. The van der Waals surface area contributed by atoms with Gasteiger partial charge in [0.1, 0.15) is 0 Å². The van der Waals surface area contributed by atoms with Gasteiger partial charge in [-0.15, -0.1) is 0 Å². The number of carbonyl (C=O) groups is 2. The van der Waals surface area contributed by atoms with Crippen molar-refractivity contribution in [1.82, 2.24) is 10.6 Å². The topological polar surface area (TPSA) is 113 Å². The summed E-state index contributed by atoms with van der Waals surface area (Å²) in [6.07, 6.45) is 0. The summed E-state index contributed by atoms with van der Waals surface area (Å²) in [6.45, 7) is 1.63. The molecule has 3 rings (SSSR count). The van der Waals surface area contributed by atoms with Crippen LogP contribution in [-0.4, -0.2) is 16.9 Å². The van der Waals surface area contributed by atoms with Crippen LogP contribution in [0.4, 0.5) is 16.2 Å². The first-order valence-electron chi connectivity index (χ1n) is 7.94. The molecule has 0 saturated carbocycles. The average molecular weight is 387 g/mol. The highest BCUT2D eigenvalue weighted by molar-refractivity contribution is 6.30. The molecule has 1 heterocycles. The van der Waals surface area contributed by atoms with Gasteiger partial charge in [0, 0.05) is 28.5 Å². The average Bonchev–Trinajstić information content (AvgIpc) is 2.61. The van der Waals surface area contributed by atoms with Crippen molar-refractivity contribution in [2.75, 3.05) is 5.32 Å². The van der Waals surface area contributed by atoms with Crippen LogP contribution in [0, 0.1) is 10.1 Å². The third kappa shape index (κ3) is 4.06. The minimum Gasteiger partial charge on any atom is -0.327 e. The maximum atomic E-state index is 12.8. The third-order valence-corrected chi connectivity index (χ3v) is 4.27. The highest BCUT2D eigenvalue weighted by atomic mass is 35.5. The van der Waals surface area contributed by atoms with E-state index in [9.17, 15) is 19.7 Å². The normalized spacial score (nSPS) is 16.4. The van der Waals surface area contributed by atoms with Crippen LogP contribution in [0.3, 0.4) is 0 Å². The zero-order valence-electron chi connectivity index (χ0n) is 14.2. The molecular weight excluding hydrogens is 372 g/mol. The molecule has 0 unspecified atom stereocenters. The van der Waals surface area contributed by atoms with E-state index in [0.29, 0.717) is 27.5 Å². The zero-order valence-corrected chi connectivity index (χ0v) is 14.9. The van der Waals surface area contributed by atoms with E-state index in [1.807, 2.05) is 0 Å². The van der Waals surface area contributed by atoms with E-state index >= 15 is 0 Å². The number of amides is 3. The lowest BCUT2D eigenvalue weighted by Gasteiger charge is -2.28. The second-order valence-electron chi connectivity index (χ2n) is 5.88. The van der Waals surface area contributed by atoms with E-state index in [0.717, 1.165) is 0 Å². The maximum Gasteiger partial charge on any atom is 0.319 e. The lowest BCUT2D eigenvalue weighted by atomic mass is 9.95. The van der Waals surface area contributed by atoms with Gasteiger partial charge in [-0.05, 0) is 36.8 Å².